The molecule has 5 heteroatoms. The minimum atomic E-state index is -0.418. The number of nitrogens with one attached hydrogen (secondary N) is 1. The van der Waals surface area contributed by atoms with Crippen molar-refractivity contribution in [3.05, 3.63) is 59.7 Å². The molecule has 0 atom stereocenters. The van der Waals surface area contributed by atoms with Gasteiger partial charge in [0.15, 0.2) is 0 Å². The lowest BCUT2D eigenvalue weighted by molar-refractivity contribution is 0.100. The number of imidazole rings is 1. The number of aromatic nitrogens is 3. The highest BCUT2D eigenvalue weighted by Gasteiger charge is 2.06. The Hall–Kier alpha value is -2.69. The minimum absolute atomic E-state index is 0.418. The molecule has 0 saturated carbocycles. The number of carbonyl (C=O) groups excluding carboxylic acids is 1. The van der Waals surface area contributed by atoms with E-state index in [9.17, 15) is 4.79 Å². The van der Waals surface area contributed by atoms with Gasteiger partial charge in [-0.05, 0) is 23.8 Å². The van der Waals surface area contributed by atoms with Crippen LogP contribution in [-0.4, -0.2) is 20.9 Å². The van der Waals surface area contributed by atoms with Crippen molar-refractivity contribution in [2.45, 2.75) is 6.42 Å². The molecule has 0 bridgehead atoms. The standard InChI is InChI=1S/C14H12N4O/c15-14(19)10-3-1-9(2-4-10)7-12-13-11(5-6-16-12)17-8-18-13/h1-6,8H,7H2,(H2,15,19)(H,17,18). The Balaban J connectivity index is 1.92. The lowest BCUT2D eigenvalue weighted by Crippen LogP contribution is -2.10. The summed E-state index contributed by atoms with van der Waals surface area (Å²) in [6.45, 7) is 0. The quantitative estimate of drug-likeness (QED) is 0.743. The zero-order chi connectivity index (χ0) is 13.2. The van der Waals surface area contributed by atoms with Crippen LogP contribution in [0.15, 0.2) is 42.9 Å². The molecule has 2 aromatic heterocycles. The van der Waals surface area contributed by atoms with Gasteiger partial charge in [-0.3, -0.25) is 9.78 Å². The topological polar surface area (TPSA) is 84.7 Å². The number of pyridine rings is 1. The zero-order valence-electron chi connectivity index (χ0n) is 10.1. The van der Waals surface area contributed by atoms with Crippen LogP contribution in [0.5, 0.6) is 0 Å². The summed E-state index contributed by atoms with van der Waals surface area (Å²) >= 11 is 0. The van der Waals surface area contributed by atoms with E-state index >= 15 is 0 Å². The Morgan fingerprint density at radius 1 is 1.16 bits per heavy atom. The van der Waals surface area contributed by atoms with Crippen molar-refractivity contribution >= 4 is 16.9 Å². The van der Waals surface area contributed by atoms with Crippen LogP contribution in [-0.2, 0) is 6.42 Å². The highest BCUT2D eigenvalue weighted by atomic mass is 16.1. The summed E-state index contributed by atoms with van der Waals surface area (Å²) in [4.78, 5) is 22.7. The lowest BCUT2D eigenvalue weighted by Gasteiger charge is -2.03. The van der Waals surface area contributed by atoms with Crippen LogP contribution in [0.2, 0.25) is 0 Å². The van der Waals surface area contributed by atoms with Crippen molar-refractivity contribution < 1.29 is 4.79 Å². The van der Waals surface area contributed by atoms with Crippen LogP contribution in [0.4, 0.5) is 0 Å². The van der Waals surface area contributed by atoms with Gasteiger partial charge in [-0.2, -0.15) is 0 Å². The Morgan fingerprint density at radius 3 is 2.68 bits per heavy atom. The highest BCUT2D eigenvalue weighted by Crippen LogP contribution is 2.16. The number of fused-ring (bicyclic) bond motifs is 1. The molecule has 3 aromatic rings. The molecule has 0 radical (unpaired) electrons. The molecule has 3 rings (SSSR count). The maximum absolute atomic E-state index is 11.0. The third-order valence-electron chi connectivity index (χ3n) is 3.02. The van der Waals surface area contributed by atoms with Gasteiger partial charge < -0.3 is 10.7 Å². The molecule has 0 aliphatic heterocycles. The largest absolute Gasteiger partial charge is 0.366 e. The minimum Gasteiger partial charge on any atom is -0.366 e. The first-order chi connectivity index (χ1) is 9.24. The second-order valence-electron chi connectivity index (χ2n) is 4.29. The number of nitrogens with zero attached hydrogens (tertiary/aromatic N) is 2. The SMILES string of the molecule is NC(=O)c1ccc(Cc2nccc3[nH]cnc23)cc1. The fourth-order valence-corrected chi connectivity index (χ4v) is 2.03. The zero-order valence-corrected chi connectivity index (χ0v) is 10.1. The second kappa shape index (κ2) is 4.53. The third kappa shape index (κ3) is 2.18. The van der Waals surface area contributed by atoms with Crippen molar-refractivity contribution in [2.24, 2.45) is 5.73 Å². The molecule has 0 saturated heterocycles. The van der Waals surface area contributed by atoms with Crippen LogP contribution in [0.25, 0.3) is 11.0 Å². The van der Waals surface area contributed by atoms with E-state index in [2.05, 4.69) is 15.0 Å². The summed E-state index contributed by atoms with van der Waals surface area (Å²) in [6, 6.07) is 9.10. The van der Waals surface area contributed by atoms with E-state index in [0.717, 1.165) is 22.3 Å². The van der Waals surface area contributed by atoms with Crippen molar-refractivity contribution in [3.8, 4) is 0 Å². The average molecular weight is 252 g/mol. The molecular weight excluding hydrogens is 240 g/mol. The first-order valence-electron chi connectivity index (χ1n) is 5.90. The van der Waals surface area contributed by atoms with Gasteiger partial charge in [0.2, 0.25) is 5.91 Å². The number of hydrogen-bond acceptors (Lipinski definition) is 3. The second-order valence-corrected chi connectivity index (χ2v) is 4.29. The van der Waals surface area contributed by atoms with Crippen molar-refractivity contribution in [2.75, 3.05) is 0 Å². The summed E-state index contributed by atoms with van der Waals surface area (Å²) in [5.74, 6) is -0.418. The summed E-state index contributed by atoms with van der Waals surface area (Å²) in [5, 5.41) is 0. The number of hydrogen-bond donors (Lipinski definition) is 2. The van der Waals surface area contributed by atoms with Gasteiger partial charge in [0.1, 0.15) is 5.52 Å². The molecule has 1 amide bonds. The fourth-order valence-electron chi connectivity index (χ4n) is 2.03. The monoisotopic (exact) mass is 252 g/mol. The van der Waals surface area contributed by atoms with Crippen LogP contribution < -0.4 is 5.73 Å². The Morgan fingerprint density at radius 2 is 1.95 bits per heavy atom. The predicted octanol–water partition coefficient (Wildman–Crippen LogP) is 1.65. The van der Waals surface area contributed by atoms with Gasteiger partial charge in [-0.1, -0.05) is 12.1 Å². The summed E-state index contributed by atoms with van der Waals surface area (Å²) in [7, 11) is 0. The van der Waals surface area contributed by atoms with Crippen molar-refractivity contribution in [1.82, 2.24) is 15.0 Å². The number of amides is 1. The van der Waals surface area contributed by atoms with E-state index in [-0.39, 0.29) is 0 Å². The first-order valence-corrected chi connectivity index (χ1v) is 5.90. The molecule has 2 heterocycles. The number of aromatic amines is 1. The number of primary amides is 1. The van der Waals surface area contributed by atoms with E-state index < -0.39 is 5.91 Å². The van der Waals surface area contributed by atoms with Gasteiger partial charge in [-0.15, -0.1) is 0 Å². The molecule has 3 N–H and O–H groups in total. The van der Waals surface area contributed by atoms with Gasteiger partial charge in [-0.25, -0.2) is 4.98 Å². The van der Waals surface area contributed by atoms with E-state index in [1.807, 2.05) is 18.2 Å². The van der Waals surface area contributed by atoms with Gasteiger partial charge in [0.25, 0.3) is 0 Å². The molecule has 0 spiro atoms. The Labute approximate surface area is 109 Å². The van der Waals surface area contributed by atoms with Gasteiger partial charge in [0.05, 0.1) is 17.5 Å². The maximum Gasteiger partial charge on any atom is 0.248 e. The molecule has 94 valence electrons. The number of rotatable bonds is 3. The van der Waals surface area contributed by atoms with Crippen LogP contribution in [0.1, 0.15) is 21.6 Å². The molecule has 0 aliphatic rings. The molecule has 5 nitrogen and oxygen atoms in total. The Kier molecular flexibility index (Phi) is 2.72. The van der Waals surface area contributed by atoms with Crippen LogP contribution >= 0.6 is 0 Å². The molecule has 19 heavy (non-hydrogen) atoms. The van der Waals surface area contributed by atoms with E-state index in [4.69, 9.17) is 5.73 Å². The lowest BCUT2D eigenvalue weighted by atomic mass is 10.1. The van der Waals surface area contributed by atoms with Crippen LogP contribution in [0.3, 0.4) is 0 Å². The molecule has 0 unspecified atom stereocenters. The molecule has 1 aromatic carbocycles. The van der Waals surface area contributed by atoms with Crippen LogP contribution in [0, 0.1) is 0 Å². The summed E-state index contributed by atoms with van der Waals surface area (Å²) < 4.78 is 0. The average Bonchev–Trinajstić information content (AvgIpc) is 2.89. The maximum atomic E-state index is 11.0. The van der Waals surface area contributed by atoms with Gasteiger partial charge >= 0.3 is 0 Å². The predicted molar refractivity (Wildman–Crippen MR) is 71.7 cm³/mol. The highest BCUT2D eigenvalue weighted by molar-refractivity contribution is 5.92. The molecule has 0 fully saturated rings. The Bertz CT molecular complexity index is 731. The number of carbonyl (C=O) groups is 1. The summed E-state index contributed by atoms with van der Waals surface area (Å²) in [6.07, 6.45) is 4.08. The third-order valence-corrected chi connectivity index (χ3v) is 3.02. The van der Waals surface area contributed by atoms with Gasteiger partial charge in [0, 0.05) is 18.2 Å². The number of nitrogens with two attached hydrogens (primary N) is 1. The van der Waals surface area contributed by atoms with Crippen molar-refractivity contribution in [3.63, 3.8) is 0 Å². The number of H-pyrrole nitrogens is 1. The fraction of sp³-hybridized carbons (Fsp3) is 0.0714. The smallest absolute Gasteiger partial charge is 0.248 e. The van der Waals surface area contributed by atoms with E-state index in [0.29, 0.717) is 12.0 Å². The van der Waals surface area contributed by atoms with E-state index in [1.54, 1.807) is 24.7 Å². The normalized spacial score (nSPS) is 10.7. The summed E-state index contributed by atoms with van der Waals surface area (Å²) in [5.41, 5.74) is 9.54. The molecular formula is C14H12N4O. The van der Waals surface area contributed by atoms with E-state index in [1.165, 1.54) is 0 Å². The van der Waals surface area contributed by atoms with Crippen molar-refractivity contribution in [1.29, 1.82) is 0 Å². The first kappa shape index (κ1) is 11.4. The molecule has 0 aliphatic carbocycles. The number of benzene rings is 1.